The average molecular weight is 176 g/mol. The molecular formula is C8H14ClNO. The van der Waals surface area contributed by atoms with E-state index < -0.39 is 0 Å². The summed E-state index contributed by atoms with van der Waals surface area (Å²) in [6, 6.07) is 0. The Morgan fingerprint density at radius 2 is 2.36 bits per heavy atom. The molecule has 0 aromatic rings. The van der Waals surface area contributed by atoms with Crippen LogP contribution >= 0.6 is 11.6 Å². The summed E-state index contributed by atoms with van der Waals surface area (Å²) < 4.78 is 0. The quantitative estimate of drug-likeness (QED) is 0.694. The van der Waals surface area contributed by atoms with E-state index in [9.17, 15) is 0 Å². The molecular weight excluding hydrogens is 162 g/mol. The highest BCUT2D eigenvalue weighted by atomic mass is 35.5. The summed E-state index contributed by atoms with van der Waals surface area (Å²) in [7, 11) is 0. The summed E-state index contributed by atoms with van der Waals surface area (Å²) in [5.74, 6) is 0.498. The Bertz CT molecular complexity index is 152. The van der Waals surface area contributed by atoms with Gasteiger partial charge in [-0.1, -0.05) is 11.6 Å². The number of likely N-dealkylation sites (tertiary alicyclic amines) is 1. The van der Waals surface area contributed by atoms with Crippen LogP contribution in [0.4, 0.5) is 0 Å². The van der Waals surface area contributed by atoms with E-state index in [1.807, 2.05) is 6.92 Å². The van der Waals surface area contributed by atoms with Crippen LogP contribution in [0.3, 0.4) is 0 Å². The Kier molecular flexibility index (Phi) is 3.37. The molecule has 0 bridgehead atoms. The maximum absolute atomic E-state index is 8.73. The first kappa shape index (κ1) is 9.04. The molecule has 0 atom stereocenters. The van der Waals surface area contributed by atoms with Gasteiger partial charge in [0.2, 0.25) is 0 Å². The van der Waals surface area contributed by atoms with E-state index in [-0.39, 0.29) is 0 Å². The first-order valence-electron chi connectivity index (χ1n) is 3.85. The summed E-state index contributed by atoms with van der Waals surface area (Å²) in [5, 5.41) is 8.73. The van der Waals surface area contributed by atoms with Crippen molar-refractivity contribution in [3.8, 4) is 0 Å². The molecule has 1 heterocycles. The Labute approximate surface area is 72.5 Å². The second-order valence-electron chi connectivity index (χ2n) is 3.20. The van der Waals surface area contributed by atoms with Crippen LogP contribution in [0.1, 0.15) is 6.92 Å². The van der Waals surface area contributed by atoms with E-state index in [0.717, 1.165) is 19.6 Å². The molecule has 0 radical (unpaired) electrons. The van der Waals surface area contributed by atoms with Gasteiger partial charge in [-0.2, -0.15) is 0 Å². The minimum Gasteiger partial charge on any atom is -0.396 e. The van der Waals surface area contributed by atoms with E-state index >= 15 is 0 Å². The molecule has 1 rings (SSSR count). The molecule has 0 spiro atoms. The van der Waals surface area contributed by atoms with Gasteiger partial charge in [-0.25, -0.2) is 0 Å². The number of hydrogen-bond acceptors (Lipinski definition) is 2. The van der Waals surface area contributed by atoms with Gasteiger partial charge in [-0.3, -0.25) is 4.90 Å². The minimum absolute atomic E-state index is 0.320. The fourth-order valence-corrected chi connectivity index (χ4v) is 1.38. The maximum atomic E-state index is 8.73. The van der Waals surface area contributed by atoms with Gasteiger partial charge < -0.3 is 5.11 Å². The molecule has 0 unspecified atom stereocenters. The first-order chi connectivity index (χ1) is 5.26. The van der Waals surface area contributed by atoms with E-state index in [4.69, 9.17) is 16.7 Å². The van der Waals surface area contributed by atoms with E-state index in [1.165, 1.54) is 5.57 Å². The largest absolute Gasteiger partial charge is 0.396 e. The van der Waals surface area contributed by atoms with E-state index in [0.29, 0.717) is 12.5 Å². The fraction of sp³-hybridized carbons (Fsp3) is 0.750. The van der Waals surface area contributed by atoms with Crippen LogP contribution < -0.4 is 0 Å². The molecule has 0 aromatic heterocycles. The third kappa shape index (κ3) is 2.47. The molecule has 3 heteroatoms. The number of rotatable bonds is 3. The lowest BCUT2D eigenvalue weighted by molar-refractivity contribution is 0.0618. The summed E-state index contributed by atoms with van der Waals surface area (Å²) >= 11 is 5.51. The van der Waals surface area contributed by atoms with Crippen molar-refractivity contribution in [3.63, 3.8) is 0 Å². The van der Waals surface area contributed by atoms with Crippen molar-refractivity contribution < 1.29 is 5.11 Å². The molecule has 0 aliphatic carbocycles. The van der Waals surface area contributed by atoms with Gasteiger partial charge >= 0.3 is 0 Å². The van der Waals surface area contributed by atoms with Gasteiger partial charge in [-0.15, -0.1) is 0 Å². The molecule has 1 N–H and O–H groups in total. The molecule has 1 saturated heterocycles. The third-order valence-electron chi connectivity index (χ3n) is 1.95. The molecule has 0 saturated carbocycles. The van der Waals surface area contributed by atoms with Crippen molar-refractivity contribution in [3.05, 3.63) is 11.1 Å². The summed E-state index contributed by atoms with van der Waals surface area (Å²) in [6.07, 6.45) is 0. The SMILES string of the molecule is CC(=CCl)CN1CC(CO)C1. The molecule has 0 aromatic carbocycles. The zero-order valence-corrected chi connectivity index (χ0v) is 7.51. The highest BCUT2D eigenvalue weighted by Crippen LogP contribution is 2.15. The smallest absolute Gasteiger partial charge is 0.0483 e. The molecule has 2 nitrogen and oxygen atoms in total. The van der Waals surface area contributed by atoms with Crippen molar-refractivity contribution in [2.24, 2.45) is 5.92 Å². The summed E-state index contributed by atoms with van der Waals surface area (Å²) in [5.41, 5.74) is 2.80. The third-order valence-corrected chi connectivity index (χ3v) is 2.32. The zero-order chi connectivity index (χ0) is 8.27. The normalized spacial score (nSPS) is 21.9. The summed E-state index contributed by atoms with van der Waals surface area (Å²) in [6.45, 7) is 5.30. The number of halogens is 1. The lowest BCUT2D eigenvalue weighted by Crippen LogP contribution is -2.48. The average Bonchev–Trinajstić information content (AvgIpc) is 1.95. The molecule has 11 heavy (non-hydrogen) atoms. The van der Waals surface area contributed by atoms with Crippen molar-refractivity contribution in [1.82, 2.24) is 4.90 Å². The summed E-state index contributed by atoms with van der Waals surface area (Å²) in [4.78, 5) is 2.27. The maximum Gasteiger partial charge on any atom is 0.0483 e. The van der Waals surface area contributed by atoms with Crippen LogP contribution in [-0.4, -0.2) is 36.2 Å². The standard InChI is InChI=1S/C8H14ClNO/c1-7(2-9)3-10-4-8(5-10)6-11/h2,8,11H,3-6H2,1H3. The van der Waals surface area contributed by atoms with Crippen LogP contribution in [0.5, 0.6) is 0 Å². The van der Waals surface area contributed by atoms with Crippen LogP contribution in [0.15, 0.2) is 11.1 Å². The number of aliphatic hydroxyl groups excluding tert-OH is 1. The van der Waals surface area contributed by atoms with Gasteiger partial charge in [0.25, 0.3) is 0 Å². The van der Waals surface area contributed by atoms with E-state index in [2.05, 4.69) is 4.90 Å². The molecule has 64 valence electrons. The van der Waals surface area contributed by atoms with Crippen molar-refractivity contribution in [2.45, 2.75) is 6.92 Å². The Morgan fingerprint density at radius 3 is 2.82 bits per heavy atom. The van der Waals surface area contributed by atoms with Crippen molar-refractivity contribution in [2.75, 3.05) is 26.2 Å². The second-order valence-corrected chi connectivity index (χ2v) is 3.42. The minimum atomic E-state index is 0.320. The van der Waals surface area contributed by atoms with Gasteiger partial charge in [-0.05, 0) is 12.5 Å². The zero-order valence-electron chi connectivity index (χ0n) is 6.76. The Balaban J connectivity index is 2.13. The first-order valence-corrected chi connectivity index (χ1v) is 4.29. The van der Waals surface area contributed by atoms with Crippen molar-refractivity contribution >= 4 is 11.6 Å². The van der Waals surface area contributed by atoms with Crippen LogP contribution in [0.25, 0.3) is 0 Å². The van der Waals surface area contributed by atoms with Crippen LogP contribution in [0.2, 0.25) is 0 Å². The number of aliphatic hydroxyl groups is 1. The monoisotopic (exact) mass is 175 g/mol. The molecule has 1 aliphatic rings. The lowest BCUT2D eigenvalue weighted by Gasteiger charge is -2.38. The Hall–Kier alpha value is -0.0500. The lowest BCUT2D eigenvalue weighted by atomic mass is 10.0. The van der Waals surface area contributed by atoms with Crippen LogP contribution in [-0.2, 0) is 0 Å². The van der Waals surface area contributed by atoms with Gasteiger partial charge in [0, 0.05) is 37.7 Å². The molecule has 1 aliphatic heterocycles. The van der Waals surface area contributed by atoms with Crippen LogP contribution in [0, 0.1) is 5.92 Å². The predicted octanol–water partition coefficient (Wildman–Crippen LogP) is 1.05. The van der Waals surface area contributed by atoms with E-state index in [1.54, 1.807) is 5.54 Å². The highest BCUT2D eigenvalue weighted by Gasteiger charge is 2.25. The predicted molar refractivity (Wildman–Crippen MR) is 46.6 cm³/mol. The highest BCUT2D eigenvalue weighted by molar-refractivity contribution is 6.25. The molecule has 1 fully saturated rings. The fourth-order valence-electron chi connectivity index (χ4n) is 1.31. The topological polar surface area (TPSA) is 23.5 Å². The van der Waals surface area contributed by atoms with Gasteiger partial charge in [0.1, 0.15) is 0 Å². The number of nitrogens with zero attached hydrogens (tertiary/aromatic N) is 1. The number of hydrogen-bond donors (Lipinski definition) is 1. The Morgan fingerprint density at radius 1 is 1.73 bits per heavy atom. The molecule has 0 amide bonds. The van der Waals surface area contributed by atoms with Crippen molar-refractivity contribution in [1.29, 1.82) is 0 Å². The van der Waals surface area contributed by atoms with Gasteiger partial charge in [0.05, 0.1) is 0 Å². The van der Waals surface area contributed by atoms with Gasteiger partial charge in [0.15, 0.2) is 0 Å². The second kappa shape index (κ2) is 4.10.